The number of phosphoric ester groups is 1. The summed E-state index contributed by atoms with van der Waals surface area (Å²) in [4.78, 5) is 22.4. The van der Waals surface area contributed by atoms with Gasteiger partial charge in [0.2, 0.25) is 0 Å². The molecule has 0 aliphatic rings. The summed E-state index contributed by atoms with van der Waals surface area (Å²) in [5.41, 5.74) is 5.36. The van der Waals surface area contributed by atoms with E-state index in [4.69, 9.17) is 24.3 Å². The van der Waals surface area contributed by atoms with E-state index in [0.29, 0.717) is 13.0 Å². The molecule has 0 saturated carbocycles. The van der Waals surface area contributed by atoms with Crippen LogP contribution in [0.15, 0.2) is 85.1 Å². The van der Waals surface area contributed by atoms with Crippen molar-refractivity contribution in [2.75, 3.05) is 33.0 Å². The van der Waals surface area contributed by atoms with Crippen molar-refractivity contribution >= 4 is 13.8 Å². The zero-order chi connectivity index (χ0) is 40.2. The van der Waals surface area contributed by atoms with Crippen molar-refractivity contribution in [3.63, 3.8) is 0 Å². The highest BCUT2D eigenvalue weighted by Crippen LogP contribution is 2.43. The summed E-state index contributed by atoms with van der Waals surface area (Å²) in [5.74, 6) is -0.352. The number of nitrogens with two attached hydrogens (primary N) is 1. The van der Waals surface area contributed by atoms with Crippen LogP contribution < -0.4 is 5.73 Å². The molecule has 0 fully saturated rings. The Morgan fingerprint density at radius 3 is 1.55 bits per heavy atom. The third-order valence-electron chi connectivity index (χ3n) is 8.55. The lowest BCUT2D eigenvalue weighted by Gasteiger charge is -2.20. The van der Waals surface area contributed by atoms with Crippen LogP contribution >= 0.6 is 7.82 Å². The van der Waals surface area contributed by atoms with Crippen LogP contribution in [0.5, 0.6) is 0 Å². The van der Waals surface area contributed by atoms with Gasteiger partial charge in [0.1, 0.15) is 6.10 Å². The van der Waals surface area contributed by atoms with Gasteiger partial charge in [-0.15, -0.1) is 0 Å². The van der Waals surface area contributed by atoms with Crippen molar-refractivity contribution in [3.05, 3.63) is 85.1 Å². The van der Waals surface area contributed by atoms with Crippen LogP contribution in [0.4, 0.5) is 0 Å². The zero-order valence-electron chi connectivity index (χ0n) is 34.9. The topological polar surface area (TPSA) is 117 Å². The van der Waals surface area contributed by atoms with Gasteiger partial charge in [-0.25, -0.2) is 4.57 Å². The van der Waals surface area contributed by atoms with E-state index >= 15 is 0 Å². The molecule has 3 N–H and O–H groups in total. The summed E-state index contributed by atoms with van der Waals surface area (Å²) in [6.07, 6.45) is 54.6. The molecule has 0 aromatic rings. The summed E-state index contributed by atoms with van der Waals surface area (Å²) in [7, 11) is -4.29. The van der Waals surface area contributed by atoms with Gasteiger partial charge in [-0.05, 0) is 89.9 Å². The van der Waals surface area contributed by atoms with Crippen LogP contribution in [0.1, 0.15) is 162 Å². The number of rotatable bonds is 40. The maximum Gasteiger partial charge on any atom is 0.472 e. The lowest BCUT2D eigenvalue weighted by Crippen LogP contribution is -2.28. The standard InChI is InChI=1S/C46H80NO7P/c1-3-5-7-9-11-13-15-17-18-19-20-21-22-23-24-25-26-27-28-30-32-34-36-38-41-51-43-45(44-53-55(49,50)52-42-40-47)54-46(48)39-37-35-33-31-29-16-14-12-10-8-6-4-2/h5,7,11-14,17-18,20-21,23-24,26-27,45H,3-4,6,8-10,15-16,19,22,25,28-44,47H2,1-2H3,(H,49,50)/b7-5-,13-11-,14-12-,18-17-,21-20-,24-23-,27-26-. The number of carbonyl (C=O) groups excluding carboxylic acids is 1. The van der Waals surface area contributed by atoms with E-state index in [1.54, 1.807) is 0 Å². The molecule has 0 amide bonds. The maximum atomic E-state index is 12.5. The number of hydrogen-bond acceptors (Lipinski definition) is 7. The minimum atomic E-state index is -4.29. The van der Waals surface area contributed by atoms with Crippen LogP contribution in [0.3, 0.4) is 0 Å². The van der Waals surface area contributed by atoms with Crippen LogP contribution in [0.2, 0.25) is 0 Å². The predicted molar refractivity (Wildman–Crippen MR) is 233 cm³/mol. The Bertz CT molecular complexity index is 1110. The molecule has 0 spiro atoms. The van der Waals surface area contributed by atoms with Gasteiger partial charge in [-0.1, -0.05) is 150 Å². The Labute approximate surface area is 337 Å². The molecular formula is C46H80NO7P. The van der Waals surface area contributed by atoms with Crippen molar-refractivity contribution < 1.29 is 32.8 Å². The molecule has 8 nitrogen and oxygen atoms in total. The minimum absolute atomic E-state index is 0.0910. The first-order valence-corrected chi connectivity index (χ1v) is 23.1. The molecule has 0 bridgehead atoms. The Morgan fingerprint density at radius 2 is 1.02 bits per heavy atom. The van der Waals surface area contributed by atoms with Gasteiger partial charge in [0.25, 0.3) is 0 Å². The van der Waals surface area contributed by atoms with Crippen LogP contribution in [-0.2, 0) is 27.9 Å². The first-order chi connectivity index (χ1) is 26.9. The van der Waals surface area contributed by atoms with Gasteiger partial charge in [0, 0.05) is 19.6 Å². The number of ether oxygens (including phenoxy) is 2. The highest BCUT2D eigenvalue weighted by Gasteiger charge is 2.25. The second kappa shape index (κ2) is 42.8. The molecule has 0 aliphatic carbocycles. The molecule has 2 atom stereocenters. The van der Waals surface area contributed by atoms with Crippen molar-refractivity contribution in [1.29, 1.82) is 0 Å². The first kappa shape index (κ1) is 52.7. The van der Waals surface area contributed by atoms with E-state index in [1.807, 2.05) is 0 Å². The normalized spacial score (nSPS) is 14.3. The van der Waals surface area contributed by atoms with E-state index in [0.717, 1.165) is 96.3 Å². The van der Waals surface area contributed by atoms with Crippen molar-refractivity contribution in [3.8, 4) is 0 Å². The Morgan fingerprint density at radius 1 is 0.564 bits per heavy atom. The molecule has 0 aromatic carbocycles. The third-order valence-corrected chi connectivity index (χ3v) is 9.53. The Kier molecular flexibility index (Phi) is 41.0. The summed E-state index contributed by atoms with van der Waals surface area (Å²) < 4.78 is 33.4. The van der Waals surface area contributed by atoms with Crippen LogP contribution in [-0.4, -0.2) is 49.9 Å². The molecule has 9 heteroatoms. The molecule has 0 aliphatic heterocycles. The summed E-state index contributed by atoms with van der Waals surface area (Å²) >= 11 is 0. The average molecular weight is 790 g/mol. The van der Waals surface area contributed by atoms with E-state index in [9.17, 15) is 14.3 Å². The number of esters is 1. The van der Waals surface area contributed by atoms with Gasteiger partial charge in [0.05, 0.1) is 19.8 Å². The monoisotopic (exact) mass is 790 g/mol. The van der Waals surface area contributed by atoms with Crippen molar-refractivity contribution in [2.24, 2.45) is 5.73 Å². The fourth-order valence-corrected chi connectivity index (χ4v) is 6.17. The quantitative estimate of drug-likeness (QED) is 0.0273. The number of allylic oxidation sites excluding steroid dienone is 14. The largest absolute Gasteiger partial charge is 0.472 e. The molecular weight excluding hydrogens is 709 g/mol. The number of phosphoric acid groups is 1. The number of carbonyl (C=O) groups is 1. The highest BCUT2D eigenvalue weighted by atomic mass is 31.2. The van der Waals surface area contributed by atoms with Gasteiger partial charge < -0.3 is 20.1 Å². The van der Waals surface area contributed by atoms with Crippen LogP contribution in [0.25, 0.3) is 0 Å². The second-order valence-corrected chi connectivity index (χ2v) is 15.3. The van der Waals surface area contributed by atoms with Gasteiger partial charge in [-0.2, -0.15) is 0 Å². The van der Waals surface area contributed by atoms with Crippen molar-refractivity contribution in [2.45, 2.75) is 168 Å². The summed E-state index contributed by atoms with van der Waals surface area (Å²) in [6.45, 7) is 4.69. The molecule has 316 valence electrons. The predicted octanol–water partition coefficient (Wildman–Crippen LogP) is 12.9. The summed E-state index contributed by atoms with van der Waals surface area (Å²) in [5, 5.41) is 0. The van der Waals surface area contributed by atoms with E-state index in [2.05, 4.69) is 98.9 Å². The Balaban J connectivity index is 4.08. The number of unbranched alkanes of at least 4 members (excludes halogenated alkanes) is 13. The molecule has 0 aromatic heterocycles. The molecule has 55 heavy (non-hydrogen) atoms. The van der Waals surface area contributed by atoms with Gasteiger partial charge >= 0.3 is 13.8 Å². The third kappa shape index (κ3) is 42.7. The maximum absolute atomic E-state index is 12.5. The molecule has 0 saturated heterocycles. The van der Waals surface area contributed by atoms with Gasteiger partial charge in [0.15, 0.2) is 0 Å². The molecule has 2 unspecified atom stereocenters. The van der Waals surface area contributed by atoms with E-state index in [-0.39, 0.29) is 32.3 Å². The average Bonchev–Trinajstić information content (AvgIpc) is 3.17. The molecule has 0 heterocycles. The SMILES string of the molecule is CC/C=C\C/C=C\C/C=C\C/C=C\C/C=C\C/C=C\CCCCCCCOCC(COP(=O)(O)OCCN)OC(=O)CCCCCCC/C=C\CCCCC. The molecule has 0 radical (unpaired) electrons. The fraction of sp³-hybridized carbons (Fsp3) is 0.674. The second-order valence-electron chi connectivity index (χ2n) is 13.8. The Hall–Kier alpha value is -2.32. The molecule has 0 rings (SSSR count). The smallest absolute Gasteiger partial charge is 0.457 e. The number of hydrogen-bond donors (Lipinski definition) is 2. The van der Waals surface area contributed by atoms with Crippen LogP contribution in [0, 0.1) is 0 Å². The lowest BCUT2D eigenvalue weighted by molar-refractivity contribution is -0.154. The zero-order valence-corrected chi connectivity index (χ0v) is 35.8. The van der Waals surface area contributed by atoms with Crippen molar-refractivity contribution in [1.82, 2.24) is 0 Å². The van der Waals surface area contributed by atoms with E-state index in [1.165, 1.54) is 44.9 Å². The lowest BCUT2D eigenvalue weighted by atomic mass is 10.1. The van der Waals surface area contributed by atoms with E-state index < -0.39 is 13.9 Å². The summed E-state index contributed by atoms with van der Waals surface area (Å²) in [6, 6.07) is 0. The first-order valence-electron chi connectivity index (χ1n) is 21.6. The van der Waals surface area contributed by atoms with Gasteiger partial charge in [-0.3, -0.25) is 13.8 Å². The highest BCUT2D eigenvalue weighted by molar-refractivity contribution is 7.47. The minimum Gasteiger partial charge on any atom is -0.457 e. The fourth-order valence-electron chi connectivity index (χ4n) is 5.40.